The van der Waals surface area contributed by atoms with Crippen molar-refractivity contribution in [3.63, 3.8) is 0 Å². The first kappa shape index (κ1) is 31.4. The molecule has 15 nitrogen and oxygen atoms in total. The zero-order chi connectivity index (χ0) is 30.3. The average Bonchev–Trinajstić information content (AvgIpc) is 3.34. The first-order valence-corrected chi connectivity index (χ1v) is 14.3. The monoisotopic (exact) mass is 610 g/mol. The van der Waals surface area contributed by atoms with Crippen LogP contribution in [0.4, 0.5) is 9.93 Å². The molecule has 0 aromatic carbocycles. The Kier molecular flexibility index (Phi) is 10.7. The predicted octanol–water partition coefficient (Wildman–Crippen LogP) is 1.08. The number of nitrogen functional groups attached to an aromatic ring is 1. The maximum atomic E-state index is 13.3. The third kappa shape index (κ3) is 7.75. The maximum absolute atomic E-state index is 13.3. The lowest BCUT2D eigenvalue weighted by atomic mass is 10.0. The summed E-state index contributed by atoms with van der Waals surface area (Å²) >= 11 is 2.27. The Morgan fingerprint density at radius 1 is 1.32 bits per heavy atom. The molecule has 3 unspecified atom stereocenters. The number of aromatic nitrogens is 1. The molecule has 0 bridgehead atoms. The Morgan fingerprint density at radius 2 is 2.05 bits per heavy atom. The van der Waals surface area contributed by atoms with E-state index in [0.717, 1.165) is 22.7 Å². The zero-order valence-corrected chi connectivity index (χ0v) is 24.0. The van der Waals surface area contributed by atoms with Gasteiger partial charge in [0.2, 0.25) is 6.29 Å². The normalized spacial score (nSPS) is 20.1. The number of ether oxygens (including phenoxy) is 3. The van der Waals surface area contributed by atoms with Crippen LogP contribution < -0.4 is 16.8 Å². The van der Waals surface area contributed by atoms with E-state index < -0.39 is 53.3 Å². The molecular formula is C24H30N6O9S2. The van der Waals surface area contributed by atoms with Gasteiger partial charge in [-0.1, -0.05) is 31.5 Å². The molecule has 2 aliphatic rings. The second-order valence-corrected chi connectivity index (χ2v) is 11.0. The number of primary amides is 1. The number of oxime groups is 1. The summed E-state index contributed by atoms with van der Waals surface area (Å²) in [6.45, 7) is 5.01. The van der Waals surface area contributed by atoms with E-state index in [2.05, 4.69) is 20.2 Å². The van der Waals surface area contributed by atoms with Gasteiger partial charge in [-0.2, -0.15) is 0 Å². The fraction of sp³-hybridized carbons (Fsp3) is 0.458. The van der Waals surface area contributed by atoms with Gasteiger partial charge in [0.05, 0.1) is 0 Å². The molecule has 6 N–H and O–H groups in total. The number of nitrogens with two attached hydrogens (primary N) is 2. The number of nitrogens with zero attached hydrogens (tertiary/aromatic N) is 3. The second kappa shape index (κ2) is 14.0. The van der Waals surface area contributed by atoms with Crippen molar-refractivity contribution in [1.82, 2.24) is 15.2 Å². The van der Waals surface area contributed by atoms with Crippen LogP contribution >= 0.6 is 23.1 Å². The Morgan fingerprint density at radius 3 is 2.66 bits per heavy atom. The Balaban J connectivity index is 1.78. The Hall–Kier alpha value is -4.12. The highest BCUT2D eigenvalue weighted by Gasteiger charge is 2.54. The number of thiazole rings is 1. The maximum Gasteiger partial charge on any atom is 0.404 e. The molecule has 1 aromatic rings. The topological polar surface area (TPSA) is 226 Å². The number of hydrogen-bond donors (Lipinski definition) is 4. The highest BCUT2D eigenvalue weighted by molar-refractivity contribution is 8.00. The van der Waals surface area contributed by atoms with Crippen molar-refractivity contribution in [3.05, 3.63) is 34.5 Å². The molecule has 1 aromatic heterocycles. The van der Waals surface area contributed by atoms with Gasteiger partial charge in [-0.3, -0.25) is 19.3 Å². The van der Waals surface area contributed by atoms with Gasteiger partial charge in [-0.25, -0.2) is 14.6 Å². The lowest BCUT2D eigenvalue weighted by Crippen LogP contribution is -2.71. The Labute approximate surface area is 242 Å². The van der Waals surface area contributed by atoms with Gasteiger partial charge in [0, 0.05) is 24.5 Å². The summed E-state index contributed by atoms with van der Waals surface area (Å²) in [5.41, 5.74) is 10.4. The highest BCUT2D eigenvalue weighted by atomic mass is 32.2. The number of nitrogens with one attached hydrogen (secondary N) is 1. The van der Waals surface area contributed by atoms with Gasteiger partial charge >= 0.3 is 18.0 Å². The van der Waals surface area contributed by atoms with E-state index in [1.807, 2.05) is 13.8 Å². The molecule has 4 atom stereocenters. The van der Waals surface area contributed by atoms with Crippen LogP contribution in [-0.4, -0.2) is 80.7 Å². The van der Waals surface area contributed by atoms with Crippen LogP contribution in [0.5, 0.6) is 0 Å². The van der Waals surface area contributed by atoms with Crippen molar-refractivity contribution in [2.75, 3.05) is 18.1 Å². The fourth-order valence-electron chi connectivity index (χ4n) is 3.79. The van der Waals surface area contributed by atoms with E-state index >= 15 is 0 Å². The molecule has 3 heterocycles. The Bertz CT molecular complexity index is 1290. The quantitative estimate of drug-likeness (QED) is 0.0651. The zero-order valence-electron chi connectivity index (χ0n) is 22.4. The molecule has 0 aliphatic carbocycles. The van der Waals surface area contributed by atoms with E-state index in [1.165, 1.54) is 36.2 Å². The van der Waals surface area contributed by atoms with Gasteiger partial charge in [0.15, 0.2) is 10.8 Å². The molecule has 17 heteroatoms. The third-order valence-electron chi connectivity index (χ3n) is 5.98. The molecule has 2 aliphatic heterocycles. The number of fused-ring (bicyclic) bond motifs is 1. The van der Waals surface area contributed by atoms with Crippen molar-refractivity contribution < 1.29 is 43.4 Å². The molecule has 41 heavy (non-hydrogen) atoms. The van der Waals surface area contributed by atoms with Gasteiger partial charge in [-0.15, -0.1) is 23.1 Å². The number of carbonyl (C=O) groups excluding carboxylic acids is 5. The van der Waals surface area contributed by atoms with Crippen molar-refractivity contribution in [2.24, 2.45) is 16.8 Å². The third-order valence-corrected chi connectivity index (χ3v) is 7.96. The van der Waals surface area contributed by atoms with Crippen LogP contribution in [-0.2, 0) is 33.4 Å². The van der Waals surface area contributed by atoms with E-state index in [-0.39, 0.29) is 41.2 Å². The summed E-state index contributed by atoms with van der Waals surface area (Å²) in [5, 5.41) is 15.7. The van der Waals surface area contributed by atoms with Crippen molar-refractivity contribution in [1.29, 1.82) is 0 Å². The molecule has 3 rings (SSSR count). The lowest BCUT2D eigenvalue weighted by molar-refractivity contribution is -0.184. The van der Waals surface area contributed by atoms with Crippen molar-refractivity contribution >= 4 is 63.8 Å². The lowest BCUT2D eigenvalue weighted by Gasteiger charge is -2.49. The SMILES string of the molecule is CCC(C)CC(=O)OC(C)OC(=O)C1=C(/C=C\COC(N)=O)CS[C@H]2C(NC(=O)/C(=N\O)c3csc(N)n3)C(=O)N12. The fourth-order valence-corrected chi connectivity index (χ4v) is 5.66. The smallest absolute Gasteiger partial charge is 0.404 e. The highest BCUT2D eigenvalue weighted by Crippen LogP contribution is 2.41. The van der Waals surface area contributed by atoms with Crippen LogP contribution in [0.2, 0.25) is 0 Å². The van der Waals surface area contributed by atoms with Crippen LogP contribution in [0, 0.1) is 5.92 Å². The molecular weight excluding hydrogens is 580 g/mol. The number of anilines is 1. The largest absolute Gasteiger partial charge is 0.445 e. The molecule has 0 radical (unpaired) electrons. The van der Waals surface area contributed by atoms with E-state index in [0.29, 0.717) is 5.57 Å². The first-order chi connectivity index (χ1) is 19.5. The standard InChI is InChI=1S/C24H30N6O9S2/c1-4-11(2)8-15(31)38-12(3)39-22(34)18-13(6-5-7-37-24(26)35)9-40-21-17(20(33)30(18)21)28-19(32)16(29-36)14-10-41-23(25)27-14/h5-6,10-12,17,21,36H,4,7-9H2,1-3H3,(H2,25,27)(H2,26,35)(H,28,32)/b6-5-,29-16-/t11?,12?,17?,21-/m0/s1. The summed E-state index contributed by atoms with van der Waals surface area (Å²) < 4.78 is 15.2. The molecule has 1 saturated heterocycles. The molecule has 222 valence electrons. The minimum atomic E-state index is -1.25. The molecule has 0 spiro atoms. The van der Waals surface area contributed by atoms with Gasteiger partial charge in [0.25, 0.3) is 11.8 Å². The second-order valence-electron chi connectivity index (χ2n) is 8.97. The van der Waals surface area contributed by atoms with E-state index in [4.69, 9.17) is 20.9 Å². The first-order valence-electron chi connectivity index (χ1n) is 12.4. The van der Waals surface area contributed by atoms with Crippen molar-refractivity contribution in [3.8, 4) is 0 Å². The molecule has 1 fully saturated rings. The van der Waals surface area contributed by atoms with Crippen LogP contribution in [0.1, 0.15) is 39.3 Å². The van der Waals surface area contributed by atoms with Crippen LogP contribution in [0.15, 0.2) is 34.0 Å². The average molecular weight is 611 g/mol. The van der Waals surface area contributed by atoms with Gasteiger partial charge in [-0.05, 0) is 17.6 Å². The van der Waals surface area contributed by atoms with Gasteiger partial charge in [0.1, 0.15) is 29.4 Å². The minimum absolute atomic E-state index is 0.0269. The number of carbonyl (C=O) groups is 5. The number of allylic oxidation sites excluding steroid dienone is 1. The molecule has 0 saturated carbocycles. The predicted molar refractivity (Wildman–Crippen MR) is 147 cm³/mol. The van der Waals surface area contributed by atoms with Crippen molar-refractivity contribution in [2.45, 2.75) is 51.3 Å². The summed E-state index contributed by atoms with van der Waals surface area (Å²) in [6.07, 6.45) is 1.58. The summed E-state index contributed by atoms with van der Waals surface area (Å²) in [5.74, 6) is -2.72. The summed E-state index contributed by atoms with van der Waals surface area (Å²) in [4.78, 5) is 67.3. The summed E-state index contributed by atoms with van der Waals surface area (Å²) in [6, 6.07) is -1.07. The molecule has 3 amide bonds. The number of β-lactam (4-membered cyclic amide) rings is 1. The number of hydrogen-bond acceptors (Lipinski definition) is 14. The van der Waals surface area contributed by atoms with E-state index in [1.54, 1.807) is 0 Å². The van der Waals surface area contributed by atoms with Crippen LogP contribution in [0.25, 0.3) is 0 Å². The van der Waals surface area contributed by atoms with Gasteiger partial charge < -0.3 is 36.2 Å². The number of esters is 2. The van der Waals surface area contributed by atoms with E-state index in [9.17, 15) is 29.2 Å². The number of thioether (sulfide) groups is 1. The summed E-state index contributed by atoms with van der Waals surface area (Å²) in [7, 11) is 0. The minimum Gasteiger partial charge on any atom is -0.445 e. The number of rotatable bonds is 12. The van der Waals surface area contributed by atoms with Crippen LogP contribution in [0.3, 0.4) is 0 Å². The number of amides is 3.